The summed E-state index contributed by atoms with van der Waals surface area (Å²) in [4.78, 5) is 17.0. The van der Waals surface area contributed by atoms with Gasteiger partial charge in [-0.05, 0) is 60.7 Å². The summed E-state index contributed by atoms with van der Waals surface area (Å²) in [6.45, 7) is 6.23. The topological polar surface area (TPSA) is 32.8 Å². The number of hydrogen-bond acceptors (Lipinski definition) is 3. The van der Waals surface area contributed by atoms with Crippen molar-refractivity contribution in [1.82, 2.24) is 9.80 Å². The molecule has 0 unspecified atom stereocenters. The van der Waals surface area contributed by atoms with Crippen molar-refractivity contribution in [3.8, 4) is 5.75 Å². The van der Waals surface area contributed by atoms with Crippen LogP contribution in [0.4, 0.5) is 0 Å². The predicted octanol–water partition coefficient (Wildman–Crippen LogP) is 4.20. The lowest BCUT2D eigenvalue weighted by molar-refractivity contribution is 0.0785. The van der Waals surface area contributed by atoms with Gasteiger partial charge in [0.05, 0.1) is 7.11 Å². The zero-order chi connectivity index (χ0) is 19.2. The third-order valence-corrected chi connectivity index (χ3v) is 5.27. The third kappa shape index (κ3) is 5.33. The Morgan fingerprint density at radius 2 is 1.78 bits per heavy atom. The second-order valence-corrected chi connectivity index (χ2v) is 7.69. The average Bonchev–Trinajstić information content (AvgIpc) is 2.68. The molecule has 0 saturated carbocycles. The van der Waals surface area contributed by atoms with E-state index in [0.29, 0.717) is 6.54 Å². The summed E-state index contributed by atoms with van der Waals surface area (Å²) >= 11 is 0. The number of amides is 1. The first kappa shape index (κ1) is 19.4. The average molecular weight is 367 g/mol. The summed E-state index contributed by atoms with van der Waals surface area (Å²) in [6.07, 6.45) is 2.62. The summed E-state index contributed by atoms with van der Waals surface area (Å²) in [5.74, 6) is 1.65. The number of methoxy groups -OCH3 is 1. The SMILES string of the molecule is COc1ccc(CN(C)C(=O)c2ccc(CN3CCC[C@@H](C)C3)cc2)cc1. The zero-order valence-electron chi connectivity index (χ0n) is 16.6. The Morgan fingerprint density at radius 1 is 1.11 bits per heavy atom. The van der Waals surface area contributed by atoms with Crippen molar-refractivity contribution >= 4 is 5.91 Å². The predicted molar refractivity (Wildman–Crippen MR) is 109 cm³/mol. The number of carbonyl (C=O) groups is 1. The highest BCUT2D eigenvalue weighted by atomic mass is 16.5. The Balaban J connectivity index is 1.57. The molecule has 2 aromatic rings. The van der Waals surface area contributed by atoms with E-state index in [1.807, 2.05) is 43.4 Å². The minimum Gasteiger partial charge on any atom is -0.497 e. The van der Waals surface area contributed by atoms with Crippen LogP contribution in [0.1, 0.15) is 41.3 Å². The molecule has 0 spiro atoms. The van der Waals surface area contributed by atoms with Gasteiger partial charge in [-0.1, -0.05) is 31.2 Å². The molecule has 1 amide bonds. The number of rotatable bonds is 6. The maximum absolute atomic E-state index is 12.7. The Morgan fingerprint density at radius 3 is 2.41 bits per heavy atom. The zero-order valence-corrected chi connectivity index (χ0v) is 16.6. The number of likely N-dealkylation sites (tertiary alicyclic amines) is 1. The Hall–Kier alpha value is -2.33. The maximum Gasteiger partial charge on any atom is 0.253 e. The van der Waals surface area contributed by atoms with Gasteiger partial charge in [-0.2, -0.15) is 0 Å². The maximum atomic E-state index is 12.7. The molecule has 4 nitrogen and oxygen atoms in total. The standard InChI is InChI=1S/C23H30N2O2/c1-18-5-4-14-25(15-18)17-20-6-10-21(11-7-20)23(26)24(2)16-19-8-12-22(27-3)13-9-19/h6-13,18H,4-5,14-17H2,1-3H3/t18-/m1/s1. The van der Waals surface area contributed by atoms with Crippen LogP contribution in [-0.4, -0.2) is 43.0 Å². The van der Waals surface area contributed by atoms with Gasteiger partial charge in [-0.3, -0.25) is 9.69 Å². The smallest absolute Gasteiger partial charge is 0.253 e. The number of nitrogens with zero attached hydrogens (tertiary/aromatic N) is 2. The van der Waals surface area contributed by atoms with Crippen LogP contribution in [0.3, 0.4) is 0 Å². The monoisotopic (exact) mass is 366 g/mol. The van der Waals surface area contributed by atoms with Crippen LogP contribution in [0.15, 0.2) is 48.5 Å². The van der Waals surface area contributed by atoms with Gasteiger partial charge in [0.2, 0.25) is 0 Å². The lowest BCUT2D eigenvalue weighted by Crippen LogP contribution is -2.33. The molecule has 1 aliphatic heterocycles. The minimum absolute atomic E-state index is 0.0453. The van der Waals surface area contributed by atoms with Crippen LogP contribution in [-0.2, 0) is 13.1 Å². The Kier molecular flexibility index (Phi) is 6.51. The molecule has 3 rings (SSSR count). The first-order valence-electron chi connectivity index (χ1n) is 9.75. The molecule has 4 heteroatoms. The number of ether oxygens (including phenoxy) is 1. The summed E-state index contributed by atoms with van der Waals surface area (Å²) in [7, 11) is 3.50. The Labute approximate surface area is 162 Å². The van der Waals surface area contributed by atoms with Crippen LogP contribution in [0.5, 0.6) is 5.75 Å². The molecule has 1 saturated heterocycles. The number of piperidine rings is 1. The number of hydrogen-bond donors (Lipinski definition) is 0. The highest BCUT2D eigenvalue weighted by Crippen LogP contribution is 2.19. The van der Waals surface area contributed by atoms with Crippen molar-refractivity contribution in [3.05, 3.63) is 65.2 Å². The second kappa shape index (κ2) is 9.05. The fourth-order valence-corrected chi connectivity index (χ4v) is 3.74. The lowest BCUT2D eigenvalue weighted by Gasteiger charge is -2.30. The summed E-state index contributed by atoms with van der Waals surface area (Å²) in [6, 6.07) is 15.9. The van der Waals surface area contributed by atoms with E-state index in [1.54, 1.807) is 12.0 Å². The normalized spacial score (nSPS) is 17.5. The second-order valence-electron chi connectivity index (χ2n) is 7.69. The van der Waals surface area contributed by atoms with Gasteiger partial charge < -0.3 is 9.64 Å². The van der Waals surface area contributed by atoms with Gasteiger partial charge in [-0.15, -0.1) is 0 Å². The van der Waals surface area contributed by atoms with Gasteiger partial charge in [-0.25, -0.2) is 0 Å². The molecule has 0 N–H and O–H groups in total. The summed E-state index contributed by atoms with van der Waals surface area (Å²) in [5, 5.41) is 0. The van der Waals surface area contributed by atoms with E-state index in [1.165, 1.54) is 31.5 Å². The summed E-state index contributed by atoms with van der Waals surface area (Å²) in [5.41, 5.74) is 3.10. The van der Waals surface area contributed by atoms with Crippen LogP contribution in [0.2, 0.25) is 0 Å². The molecule has 27 heavy (non-hydrogen) atoms. The Bertz CT molecular complexity index is 740. The van der Waals surface area contributed by atoms with E-state index in [0.717, 1.165) is 29.3 Å². The first-order chi connectivity index (χ1) is 13.0. The minimum atomic E-state index is 0.0453. The largest absolute Gasteiger partial charge is 0.497 e. The number of carbonyl (C=O) groups excluding carboxylic acids is 1. The molecular weight excluding hydrogens is 336 g/mol. The lowest BCUT2D eigenvalue weighted by atomic mass is 9.99. The fraction of sp³-hybridized carbons (Fsp3) is 0.435. The van der Waals surface area contributed by atoms with Crippen molar-refractivity contribution in [3.63, 3.8) is 0 Å². The molecule has 0 radical (unpaired) electrons. The van der Waals surface area contributed by atoms with E-state index in [-0.39, 0.29) is 5.91 Å². The van der Waals surface area contributed by atoms with Gasteiger partial charge in [0, 0.05) is 32.2 Å². The molecule has 0 aliphatic carbocycles. The highest BCUT2D eigenvalue weighted by Gasteiger charge is 2.17. The van der Waals surface area contributed by atoms with E-state index >= 15 is 0 Å². The molecule has 1 atom stereocenters. The third-order valence-electron chi connectivity index (χ3n) is 5.27. The van der Waals surface area contributed by atoms with Crippen LogP contribution < -0.4 is 4.74 Å². The van der Waals surface area contributed by atoms with E-state index in [9.17, 15) is 4.79 Å². The summed E-state index contributed by atoms with van der Waals surface area (Å²) < 4.78 is 5.18. The molecule has 0 aromatic heterocycles. The van der Waals surface area contributed by atoms with E-state index in [2.05, 4.69) is 24.0 Å². The van der Waals surface area contributed by atoms with Gasteiger partial charge >= 0.3 is 0 Å². The molecule has 2 aromatic carbocycles. The number of benzene rings is 2. The van der Waals surface area contributed by atoms with Crippen LogP contribution in [0, 0.1) is 5.92 Å². The molecule has 1 aliphatic rings. The van der Waals surface area contributed by atoms with Crippen molar-refractivity contribution in [2.24, 2.45) is 5.92 Å². The van der Waals surface area contributed by atoms with Gasteiger partial charge in [0.1, 0.15) is 5.75 Å². The van der Waals surface area contributed by atoms with Gasteiger partial charge in [0.15, 0.2) is 0 Å². The first-order valence-corrected chi connectivity index (χ1v) is 9.75. The fourth-order valence-electron chi connectivity index (χ4n) is 3.74. The molecule has 1 heterocycles. The van der Waals surface area contributed by atoms with Crippen molar-refractivity contribution < 1.29 is 9.53 Å². The molecule has 0 bridgehead atoms. The van der Waals surface area contributed by atoms with Gasteiger partial charge in [0.25, 0.3) is 5.91 Å². The van der Waals surface area contributed by atoms with E-state index < -0.39 is 0 Å². The highest BCUT2D eigenvalue weighted by molar-refractivity contribution is 5.94. The molecular formula is C23H30N2O2. The van der Waals surface area contributed by atoms with Crippen LogP contribution >= 0.6 is 0 Å². The van der Waals surface area contributed by atoms with Crippen molar-refractivity contribution in [2.75, 3.05) is 27.2 Å². The molecule has 144 valence electrons. The van der Waals surface area contributed by atoms with Crippen LogP contribution in [0.25, 0.3) is 0 Å². The van der Waals surface area contributed by atoms with E-state index in [4.69, 9.17) is 4.74 Å². The van der Waals surface area contributed by atoms with Crippen molar-refractivity contribution in [2.45, 2.75) is 32.9 Å². The quantitative estimate of drug-likeness (QED) is 0.768. The molecule has 1 fully saturated rings. The van der Waals surface area contributed by atoms with Crippen molar-refractivity contribution in [1.29, 1.82) is 0 Å².